The van der Waals surface area contributed by atoms with Gasteiger partial charge in [0.2, 0.25) is 0 Å². The van der Waals surface area contributed by atoms with Gasteiger partial charge in [0.15, 0.2) is 0 Å². The second kappa shape index (κ2) is 9.06. The highest BCUT2D eigenvalue weighted by molar-refractivity contribution is 6.31. The Morgan fingerprint density at radius 3 is 2.71 bits per heavy atom. The molecule has 0 spiro atoms. The van der Waals surface area contributed by atoms with Gasteiger partial charge in [0, 0.05) is 41.4 Å². The number of carbonyl (C=O) groups is 1. The molecule has 0 fully saturated rings. The zero-order valence-corrected chi connectivity index (χ0v) is 17.7. The van der Waals surface area contributed by atoms with Gasteiger partial charge in [-0.25, -0.2) is 0 Å². The van der Waals surface area contributed by atoms with Gasteiger partial charge in [0.1, 0.15) is 5.75 Å². The Morgan fingerprint density at radius 2 is 1.94 bits per heavy atom. The summed E-state index contributed by atoms with van der Waals surface area (Å²) in [4.78, 5) is 24.8. The Labute approximate surface area is 183 Å². The van der Waals surface area contributed by atoms with Crippen molar-refractivity contribution in [2.75, 3.05) is 13.7 Å². The van der Waals surface area contributed by atoms with E-state index in [1.807, 2.05) is 22.9 Å². The van der Waals surface area contributed by atoms with Crippen LogP contribution >= 0.6 is 11.6 Å². The highest BCUT2D eigenvalue weighted by atomic mass is 35.5. The van der Waals surface area contributed by atoms with Crippen molar-refractivity contribution in [3.8, 4) is 11.4 Å². The van der Waals surface area contributed by atoms with Crippen molar-refractivity contribution in [1.82, 2.24) is 19.7 Å². The van der Waals surface area contributed by atoms with Crippen LogP contribution in [0.2, 0.25) is 5.02 Å². The maximum atomic E-state index is 12.6. The summed E-state index contributed by atoms with van der Waals surface area (Å²) in [5, 5.41) is 8.96. The van der Waals surface area contributed by atoms with Crippen molar-refractivity contribution in [2.45, 2.75) is 13.0 Å². The largest absolute Gasteiger partial charge is 0.497 e. The molecule has 4 aromatic rings. The van der Waals surface area contributed by atoms with Crippen molar-refractivity contribution >= 4 is 28.4 Å². The first-order valence-electron chi connectivity index (χ1n) is 9.81. The number of hydrogen-bond acceptors (Lipinski definition) is 4. The van der Waals surface area contributed by atoms with Crippen LogP contribution in [-0.4, -0.2) is 33.9 Å². The number of rotatable bonds is 7. The third-order valence-electron chi connectivity index (χ3n) is 4.96. The molecule has 0 radical (unpaired) electrons. The maximum Gasteiger partial charge on any atom is 0.255 e. The molecule has 2 aromatic heterocycles. The van der Waals surface area contributed by atoms with E-state index in [0.717, 1.165) is 10.9 Å². The van der Waals surface area contributed by atoms with Gasteiger partial charge < -0.3 is 10.1 Å². The summed E-state index contributed by atoms with van der Waals surface area (Å²) in [7, 11) is 1.58. The number of aromatic nitrogens is 3. The molecule has 1 amide bonds. The van der Waals surface area contributed by atoms with Gasteiger partial charge in [-0.1, -0.05) is 11.6 Å². The molecule has 0 aliphatic heterocycles. The number of pyridine rings is 1. The lowest BCUT2D eigenvalue weighted by atomic mass is 10.2. The number of hydrogen-bond donors (Lipinski definition) is 1. The summed E-state index contributed by atoms with van der Waals surface area (Å²) in [6.07, 6.45) is 4.04. The molecule has 0 saturated carbocycles. The SMILES string of the molecule is COc1ccc(-n2cc(C(=O)NCCCn3ncc4ccc(Cl)cc43)ccc2=O)cc1. The molecule has 8 heteroatoms. The van der Waals surface area contributed by atoms with E-state index in [1.54, 1.807) is 43.8 Å². The summed E-state index contributed by atoms with van der Waals surface area (Å²) in [5.41, 5.74) is 1.81. The zero-order chi connectivity index (χ0) is 21.8. The fourth-order valence-electron chi connectivity index (χ4n) is 3.32. The molecule has 4 rings (SSSR count). The number of fused-ring (bicyclic) bond motifs is 1. The van der Waals surface area contributed by atoms with Crippen molar-refractivity contribution in [3.05, 3.63) is 87.9 Å². The summed E-state index contributed by atoms with van der Waals surface area (Å²) in [6, 6.07) is 15.6. The second-order valence-corrected chi connectivity index (χ2v) is 7.44. The minimum Gasteiger partial charge on any atom is -0.497 e. The molecule has 0 aliphatic rings. The van der Waals surface area contributed by atoms with Crippen molar-refractivity contribution in [2.24, 2.45) is 0 Å². The molecule has 7 nitrogen and oxygen atoms in total. The Morgan fingerprint density at radius 1 is 1.13 bits per heavy atom. The molecule has 0 atom stereocenters. The Balaban J connectivity index is 1.39. The lowest BCUT2D eigenvalue weighted by Gasteiger charge is -2.10. The topological polar surface area (TPSA) is 78.2 Å². The molecule has 0 unspecified atom stereocenters. The quantitative estimate of drug-likeness (QED) is 0.448. The van der Waals surface area contributed by atoms with Crippen molar-refractivity contribution in [3.63, 3.8) is 0 Å². The van der Waals surface area contributed by atoms with E-state index in [2.05, 4.69) is 10.4 Å². The molecular weight excluding hydrogens is 416 g/mol. The van der Waals surface area contributed by atoms with Crippen LogP contribution < -0.4 is 15.6 Å². The molecule has 2 aromatic carbocycles. The zero-order valence-electron chi connectivity index (χ0n) is 16.9. The number of methoxy groups -OCH3 is 1. The molecule has 158 valence electrons. The average Bonchev–Trinajstić information content (AvgIpc) is 3.19. The summed E-state index contributed by atoms with van der Waals surface area (Å²) in [6.45, 7) is 1.12. The van der Waals surface area contributed by atoms with Gasteiger partial charge in [-0.2, -0.15) is 5.10 Å². The third kappa shape index (κ3) is 4.62. The van der Waals surface area contributed by atoms with E-state index in [0.29, 0.717) is 41.5 Å². The molecule has 0 saturated heterocycles. The normalized spacial score (nSPS) is 10.9. The third-order valence-corrected chi connectivity index (χ3v) is 5.20. The number of carbonyl (C=O) groups excluding carboxylic acids is 1. The summed E-state index contributed by atoms with van der Waals surface area (Å²) < 4.78 is 8.45. The van der Waals surface area contributed by atoms with E-state index in [4.69, 9.17) is 16.3 Å². The van der Waals surface area contributed by atoms with Gasteiger partial charge in [-0.3, -0.25) is 18.8 Å². The highest BCUT2D eigenvalue weighted by Gasteiger charge is 2.09. The predicted octanol–water partition coefficient (Wildman–Crippen LogP) is 3.67. The highest BCUT2D eigenvalue weighted by Crippen LogP contribution is 2.19. The number of halogens is 1. The van der Waals surface area contributed by atoms with Crippen LogP contribution in [0.4, 0.5) is 0 Å². The lowest BCUT2D eigenvalue weighted by molar-refractivity contribution is 0.0952. The van der Waals surface area contributed by atoms with E-state index in [-0.39, 0.29) is 11.5 Å². The van der Waals surface area contributed by atoms with Crippen LogP contribution in [-0.2, 0) is 6.54 Å². The number of benzene rings is 2. The average molecular weight is 437 g/mol. The van der Waals surface area contributed by atoms with Crippen LogP contribution in [0.1, 0.15) is 16.8 Å². The molecule has 2 heterocycles. The number of amides is 1. The van der Waals surface area contributed by atoms with Crippen molar-refractivity contribution in [1.29, 1.82) is 0 Å². The van der Waals surface area contributed by atoms with Gasteiger partial charge in [-0.15, -0.1) is 0 Å². The Hall–Kier alpha value is -3.58. The van der Waals surface area contributed by atoms with E-state index in [9.17, 15) is 9.59 Å². The van der Waals surface area contributed by atoms with Crippen molar-refractivity contribution < 1.29 is 9.53 Å². The minimum atomic E-state index is -0.240. The first-order valence-corrected chi connectivity index (χ1v) is 10.2. The fraction of sp³-hybridized carbons (Fsp3) is 0.174. The standard InChI is InChI=1S/C23H21ClN4O3/c1-31-20-8-6-19(7-9-20)27-15-17(4-10-22(27)29)23(30)25-11-2-12-28-21-13-18(24)5-3-16(21)14-26-28/h3-10,13-15H,2,11-12H2,1H3,(H,25,30). The van der Waals surface area contributed by atoms with E-state index in [1.165, 1.54) is 16.7 Å². The van der Waals surface area contributed by atoms with Gasteiger partial charge in [0.05, 0.1) is 24.4 Å². The Kier molecular flexibility index (Phi) is 6.04. The number of ether oxygens (including phenoxy) is 1. The van der Waals surface area contributed by atoms with Crippen LogP contribution in [0.5, 0.6) is 5.75 Å². The molecule has 0 bridgehead atoms. The number of nitrogens with zero attached hydrogens (tertiary/aromatic N) is 3. The Bertz CT molecular complexity index is 1280. The van der Waals surface area contributed by atoms with Gasteiger partial charge in [-0.05, 0) is 55.0 Å². The summed E-state index contributed by atoms with van der Waals surface area (Å²) >= 11 is 6.07. The predicted molar refractivity (Wildman–Crippen MR) is 120 cm³/mol. The smallest absolute Gasteiger partial charge is 0.255 e. The molecule has 1 N–H and O–H groups in total. The second-order valence-electron chi connectivity index (χ2n) is 7.00. The lowest BCUT2D eigenvalue weighted by Crippen LogP contribution is -2.27. The van der Waals surface area contributed by atoms with Crippen LogP contribution in [0.15, 0.2) is 71.8 Å². The maximum absolute atomic E-state index is 12.6. The first kappa shape index (κ1) is 20.7. The monoisotopic (exact) mass is 436 g/mol. The fourth-order valence-corrected chi connectivity index (χ4v) is 3.49. The minimum absolute atomic E-state index is 0.217. The number of aryl methyl sites for hydroxylation is 1. The van der Waals surface area contributed by atoms with Gasteiger partial charge >= 0.3 is 0 Å². The van der Waals surface area contributed by atoms with Crippen LogP contribution in [0, 0.1) is 0 Å². The first-order chi connectivity index (χ1) is 15.0. The van der Waals surface area contributed by atoms with E-state index < -0.39 is 0 Å². The van der Waals surface area contributed by atoms with Crippen LogP contribution in [0.3, 0.4) is 0 Å². The number of nitrogens with one attached hydrogen (secondary N) is 1. The molecular formula is C23H21ClN4O3. The van der Waals surface area contributed by atoms with E-state index >= 15 is 0 Å². The summed E-state index contributed by atoms with van der Waals surface area (Å²) in [5.74, 6) is 0.452. The molecule has 31 heavy (non-hydrogen) atoms. The van der Waals surface area contributed by atoms with Gasteiger partial charge in [0.25, 0.3) is 11.5 Å². The van der Waals surface area contributed by atoms with Crippen LogP contribution in [0.25, 0.3) is 16.6 Å². The molecule has 0 aliphatic carbocycles.